The van der Waals surface area contributed by atoms with Crippen molar-refractivity contribution in [1.82, 2.24) is 0 Å². The summed E-state index contributed by atoms with van der Waals surface area (Å²) in [6.07, 6.45) is 3.16. The lowest BCUT2D eigenvalue weighted by molar-refractivity contribution is 0.0600. The molecule has 1 saturated carbocycles. The third-order valence-electron chi connectivity index (χ3n) is 3.76. The van der Waals surface area contributed by atoms with Crippen LogP contribution in [0.1, 0.15) is 42.1 Å². The Bertz CT molecular complexity index is 381. The van der Waals surface area contributed by atoms with E-state index in [-0.39, 0.29) is 6.10 Å². The molecule has 1 unspecified atom stereocenters. The van der Waals surface area contributed by atoms with Crippen LogP contribution in [0.3, 0.4) is 0 Å². The summed E-state index contributed by atoms with van der Waals surface area (Å²) in [5.74, 6) is 1.25. The molecule has 0 radical (unpaired) electrons. The molecular weight excluding hydrogens is 200 g/mol. The average Bonchev–Trinajstić information content (AvgIpc) is 2.18. The van der Waals surface area contributed by atoms with E-state index in [1.54, 1.807) is 7.11 Å². The Kier molecular flexibility index (Phi) is 3.20. The predicted octanol–water partition coefficient (Wildman–Crippen LogP) is 3.15. The third kappa shape index (κ3) is 1.94. The first kappa shape index (κ1) is 11.5. The Morgan fingerprint density at radius 3 is 2.38 bits per heavy atom. The minimum Gasteiger partial charge on any atom is -0.496 e. The first-order valence-corrected chi connectivity index (χ1v) is 5.96. The van der Waals surface area contributed by atoms with Crippen LogP contribution in [0.15, 0.2) is 12.1 Å². The number of hydrogen-bond acceptors (Lipinski definition) is 2. The Balaban J connectivity index is 2.33. The molecule has 0 spiro atoms. The maximum atomic E-state index is 10.3. The first-order valence-electron chi connectivity index (χ1n) is 5.96. The molecule has 1 aliphatic rings. The van der Waals surface area contributed by atoms with Crippen molar-refractivity contribution in [2.24, 2.45) is 5.92 Å². The second-order valence-corrected chi connectivity index (χ2v) is 4.81. The molecule has 88 valence electrons. The summed E-state index contributed by atoms with van der Waals surface area (Å²) >= 11 is 0. The quantitative estimate of drug-likeness (QED) is 0.848. The number of aliphatic hydroxyl groups is 1. The Morgan fingerprint density at radius 2 is 1.88 bits per heavy atom. The number of ether oxygens (including phenoxy) is 1. The van der Waals surface area contributed by atoms with Gasteiger partial charge in [-0.05, 0) is 55.9 Å². The number of aryl methyl sites for hydroxylation is 2. The van der Waals surface area contributed by atoms with Crippen LogP contribution in [0.2, 0.25) is 0 Å². The molecule has 0 heterocycles. The largest absolute Gasteiger partial charge is 0.496 e. The second kappa shape index (κ2) is 4.46. The lowest BCUT2D eigenvalue weighted by atomic mass is 9.78. The number of methoxy groups -OCH3 is 1. The zero-order valence-corrected chi connectivity index (χ0v) is 10.3. The van der Waals surface area contributed by atoms with Crippen molar-refractivity contribution in [1.29, 1.82) is 0 Å². The summed E-state index contributed by atoms with van der Waals surface area (Å²) in [6, 6.07) is 4.09. The van der Waals surface area contributed by atoms with E-state index in [0.717, 1.165) is 24.2 Å². The molecule has 16 heavy (non-hydrogen) atoms. The topological polar surface area (TPSA) is 29.5 Å². The van der Waals surface area contributed by atoms with Gasteiger partial charge in [-0.2, -0.15) is 0 Å². The van der Waals surface area contributed by atoms with E-state index in [1.807, 2.05) is 6.07 Å². The van der Waals surface area contributed by atoms with Crippen LogP contribution in [0.5, 0.6) is 5.75 Å². The van der Waals surface area contributed by atoms with Crippen molar-refractivity contribution in [3.8, 4) is 5.75 Å². The molecule has 1 aromatic rings. The highest BCUT2D eigenvalue weighted by molar-refractivity contribution is 5.43. The van der Waals surface area contributed by atoms with Crippen molar-refractivity contribution in [3.63, 3.8) is 0 Å². The van der Waals surface area contributed by atoms with Crippen LogP contribution in [0.25, 0.3) is 0 Å². The molecule has 0 saturated heterocycles. The SMILES string of the molecule is COc1cc(C)c(C)cc1C(O)C1CCC1. The fourth-order valence-corrected chi connectivity index (χ4v) is 2.23. The van der Waals surface area contributed by atoms with Gasteiger partial charge in [0.2, 0.25) is 0 Å². The van der Waals surface area contributed by atoms with E-state index in [9.17, 15) is 5.11 Å². The molecule has 1 aromatic carbocycles. The van der Waals surface area contributed by atoms with Crippen LogP contribution in [-0.4, -0.2) is 12.2 Å². The summed E-state index contributed by atoms with van der Waals surface area (Å²) in [6.45, 7) is 4.14. The minimum absolute atomic E-state index is 0.358. The van der Waals surface area contributed by atoms with Crippen LogP contribution < -0.4 is 4.74 Å². The van der Waals surface area contributed by atoms with Gasteiger partial charge in [0, 0.05) is 5.56 Å². The molecular formula is C14H20O2. The molecule has 0 aromatic heterocycles. The van der Waals surface area contributed by atoms with Gasteiger partial charge in [0.1, 0.15) is 5.75 Å². The molecule has 2 heteroatoms. The van der Waals surface area contributed by atoms with Crippen molar-refractivity contribution in [2.75, 3.05) is 7.11 Å². The number of aliphatic hydroxyl groups excluding tert-OH is 1. The molecule has 0 aliphatic heterocycles. The van der Waals surface area contributed by atoms with Crippen LogP contribution >= 0.6 is 0 Å². The summed E-state index contributed by atoms with van der Waals surface area (Å²) in [5.41, 5.74) is 3.38. The van der Waals surface area contributed by atoms with Gasteiger partial charge in [-0.3, -0.25) is 0 Å². The molecule has 1 aliphatic carbocycles. The summed E-state index contributed by atoms with van der Waals surface area (Å²) in [7, 11) is 1.67. The first-order chi connectivity index (χ1) is 7.63. The van der Waals surface area contributed by atoms with Gasteiger partial charge in [0.05, 0.1) is 13.2 Å². The molecule has 0 bridgehead atoms. The number of hydrogen-bond donors (Lipinski definition) is 1. The Morgan fingerprint density at radius 1 is 1.25 bits per heavy atom. The number of rotatable bonds is 3. The predicted molar refractivity (Wildman–Crippen MR) is 64.8 cm³/mol. The fraction of sp³-hybridized carbons (Fsp3) is 0.571. The highest BCUT2D eigenvalue weighted by atomic mass is 16.5. The lowest BCUT2D eigenvalue weighted by Crippen LogP contribution is -2.20. The highest BCUT2D eigenvalue weighted by Gasteiger charge is 2.28. The smallest absolute Gasteiger partial charge is 0.124 e. The van der Waals surface area contributed by atoms with E-state index in [1.165, 1.54) is 17.5 Å². The van der Waals surface area contributed by atoms with E-state index < -0.39 is 0 Å². The van der Waals surface area contributed by atoms with E-state index in [4.69, 9.17) is 4.74 Å². The van der Waals surface area contributed by atoms with E-state index in [2.05, 4.69) is 19.9 Å². The van der Waals surface area contributed by atoms with Crippen LogP contribution in [0.4, 0.5) is 0 Å². The summed E-state index contributed by atoms with van der Waals surface area (Å²) in [4.78, 5) is 0. The van der Waals surface area contributed by atoms with Gasteiger partial charge >= 0.3 is 0 Å². The van der Waals surface area contributed by atoms with Gasteiger partial charge in [-0.1, -0.05) is 6.42 Å². The van der Waals surface area contributed by atoms with Crippen molar-refractivity contribution >= 4 is 0 Å². The Labute approximate surface area is 97.3 Å². The third-order valence-corrected chi connectivity index (χ3v) is 3.76. The normalized spacial score (nSPS) is 18.0. The van der Waals surface area contributed by atoms with Crippen LogP contribution in [-0.2, 0) is 0 Å². The minimum atomic E-state index is -0.358. The Hall–Kier alpha value is -1.02. The lowest BCUT2D eigenvalue weighted by Gasteiger charge is -2.31. The average molecular weight is 220 g/mol. The van der Waals surface area contributed by atoms with E-state index >= 15 is 0 Å². The summed E-state index contributed by atoms with van der Waals surface area (Å²) in [5, 5.41) is 10.3. The summed E-state index contributed by atoms with van der Waals surface area (Å²) < 4.78 is 5.36. The van der Waals surface area contributed by atoms with Crippen molar-refractivity contribution < 1.29 is 9.84 Å². The van der Waals surface area contributed by atoms with Crippen LogP contribution in [0, 0.1) is 19.8 Å². The molecule has 2 rings (SSSR count). The van der Waals surface area contributed by atoms with E-state index in [0.29, 0.717) is 5.92 Å². The maximum absolute atomic E-state index is 10.3. The van der Waals surface area contributed by atoms with Crippen molar-refractivity contribution in [3.05, 3.63) is 28.8 Å². The van der Waals surface area contributed by atoms with Gasteiger partial charge < -0.3 is 9.84 Å². The molecule has 2 nitrogen and oxygen atoms in total. The van der Waals surface area contributed by atoms with Crippen molar-refractivity contribution in [2.45, 2.75) is 39.2 Å². The van der Waals surface area contributed by atoms with Gasteiger partial charge in [-0.15, -0.1) is 0 Å². The van der Waals surface area contributed by atoms with Gasteiger partial charge in [0.15, 0.2) is 0 Å². The molecule has 0 amide bonds. The fourth-order valence-electron chi connectivity index (χ4n) is 2.23. The highest BCUT2D eigenvalue weighted by Crippen LogP contribution is 2.41. The molecule has 1 fully saturated rings. The second-order valence-electron chi connectivity index (χ2n) is 4.81. The maximum Gasteiger partial charge on any atom is 0.124 e. The van der Waals surface area contributed by atoms with Gasteiger partial charge in [0.25, 0.3) is 0 Å². The molecule has 1 N–H and O–H groups in total. The zero-order valence-electron chi connectivity index (χ0n) is 10.3. The number of benzene rings is 1. The zero-order chi connectivity index (χ0) is 11.7. The van der Waals surface area contributed by atoms with Gasteiger partial charge in [-0.25, -0.2) is 0 Å². The monoisotopic (exact) mass is 220 g/mol. The molecule has 1 atom stereocenters. The standard InChI is InChI=1S/C14H20O2/c1-9-7-12(13(16-3)8-10(9)2)14(15)11-5-4-6-11/h7-8,11,14-15H,4-6H2,1-3H3.